The van der Waals surface area contributed by atoms with Crippen LogP contribution in [0.25, 0.3) is 0 Å². The van der Waals surface area contributed by atoms with E-state index >= 15 is 0 Å². The van der Waals surface area contributed by atoms with E-state index in [-0.39, 0.29) is 6.04 Å². The summed E-state index contributed by atoms with van der Waals surface area (Å²) >= 11 is 1.60. The van der Waals surface area contributed by atoms with Crippen LogP contribution in [0.5, 0.6) is 0 Å². The first kappa shape index (κ1) is 13.7. The van der Waals surface area contributed by atoms with Crippen molar-refractivity contribution in [3.05, 3.63) is 27.9 Å². The van der Waals surface area contributed by atoms with E-state index in [9.17, 15) is 0 Å². The van der Waals surface area contributed by atoms with Crippen LogP contribution < -0.4 is 5.73 Å². The standard InChI is InChI=1S/C13H18N4O2S/c1-18-8-19-7-9-5-16-12(13-15-2-3-20-13)17-6-10(14)4-11(9)17/h2-3,10H,4-8,14H2,1H3/t10-/m0/s1. The van der Waals surface area contributed by atoms with E-state index in [0.29, 0.717) is 19.9 Å². The third-order valence-electron chi connectivity index (χ3n) is 3.38. The zero-order valence-corrected chi connectivity index (χ0v) is 12.2. The summed E-state index contributed by atoms with van der Waals surface area (Å²) < 4.78 is 10.4. The molecule has 7 heteroatoms. The summed E-state index contributed by atoms with van der Waals surface area (Å²) in [5.74, 6) is 0.943. The number of nitrogens with two attached hydrogens (primary N) is 1. The SMILES string of the molecule is COCOCC1=C2C[C@H](N)CN2C(c2nccs2)=NC1. The van der Waals surface area contributed by atoms with E-state index in [1.807, 2.05) is 5.38 Å². The lowest BCUT2D eigenvalue weighted by molar-refractivity contribution is -0.0218. The van der Waals surface area contributed by atoms with E-state index < -0.39 is 0 Å². The summed E-state index contributed by atoms with van der Waals surface area (Å²) in [5, 5.41) is 2.92. The minimum atomic E-state index is 0.144. The predicted molar refractivity (Wildman–Crippen MR) is 77.7 cm³/mol. The van der Waals surface area contributed by atoms with Crippen LogP contribution in [0.2, 0.25) is 0 Å². The first-order valence-corrected chi connectivity index (χ1v) is 7.42. The first-order chi connectivity index (χ1) is 9.79. The van der Waals surface area contributed by atoms with Crippen molar-refractivity contribution < 1.29 is 9.47 Å². The second kappa shape index (κ2) is 6.01. The zero-order valence-electron chi connectivity index (χ0n) is 11.4. The van der Waals surface area contributed by atoms with Crippen LogP contribution in [-0.2, 0) is 9.47 Å². The second-order valence-electron chi connectivity index (χ2n) is 4.86. The summed E-state index contributed by atoms with van der Waals surface area (Å²) in [6.45, 7) is 2.28. The lowest BCUT2D eigenvalue weighted by Crippen LogP contribution is -2.35. The molecule has 0 aliphatic carbocycles. The summed E-state index contributed by atoms with van der Waals surface area (Å²) in [5.41, 5.74) is 8.55. The molecule has 1 atom stereocenters. The summed E-state index contributed by atoms with van der Waals surface area (Å²) in [4.78, 5) is 11.2. The van der Waals surface area contributed by atoms with Crippen molar-refractivity contribution in [2.75, 3.05) is 33.6 Å². The highest BCUT2D eigenvalue weighted by Crippen LogP contribution is 2.30. The van der Waals surface area contributed by atoms with Gasteiger partial charge in [0.2, 0.25) is 0 Å². The molecule has 3 rings (SSSR count). The topological polar surface area (TPSA) is 73.0 Å². The third-order valence-corrected chi connectivity index (χ3v) is 4.15. The predicted octanol–water partition coefficient (Wildman–Crippen LogP) is 0.811. The summed E-state index contributed by atoms with van der Waals surface area (Å²) in [6.07, 6.45) is 2.68. The van der Waals surface area contributed by atoms with Crippen LogP contribution in [0, 0.1) is 0 Å². The Kier molecular flexibility index (Phi) is 4.11. The van der Waals surface area contributed by atoms with Crippen molar-refractivity contribution in [2.45, 2.75) is 12.5 Å². The van der Waals surface area contributed by atoms with Gasteiger partial charge in [-0.25, -0.2) is 4.98 Å². The molecular formula is C13H18N4O2S. The number of hydrogen-bond donors (Lipinski definition) is 1. The highest BCUT2D eigenvalue weighted by atomic mass is 32.1. The molecular weight excluding hydrogens is 276 g/mol. The fourth-order valence-corrected chi connectivity index (χ4v) is 3.21. The molecule has 0 amide bonds. The molecule has 0 unspecified atom stereocenters. The number of aromatic nitrogens is 1. The maximum Gasteiger partial charge on any atom is 0.165 e. The van der Waals surface area contributed by atoms with Gasteiger partial charge < -0.3 is 20.1 Å². The molecule has 0 radical (unpaired) electrons. The Balaban J connectivity index is 1.81. The van der Waals surface area contributed by atoms with Crippen molar-refractivity contribution in [1.82, 2.24) is 9.88 Å². The molecule has 0 aromatic carbocycles. The molecule has 108 valence electrons. The van der Waals surface area contributed by atoms with Crippen molar-refractivity contribution in [3.63, 3.8) is 0 Å². The molecule has 20 heavy (non-hydrogen) atoms. The molecule has 0 saturated carbocycles. The molecule has 1 aromatic rings. The van der Waals surface area contributed by atoms with Gasteiger partial charge >= 0.3 is 0 Å². The van der Waals surface area contributed by atoms with Gasteiger partial charge in [0.25, 0.3) is 0 Å². The molecule has 3 heterocycles. The fourth-order valence-electron chi connectivity index (χ4n) is 2.56. The van der Waals surface area contributed by atoms with Crippen LogP contribution in [0.15, 0.2) is 27.8 Å². The molecule has 2 aliphatic heterocycles. The molecule has 2 aliphatic rings. The Morgan fingerprint density at radius 1 is 1.55 bits per heavy atom. The maximum absolute atomic E-state index is 6.11. The number of nitrogens with zero attached hydrogens (tertiary/aromatic N) is 3. The van der Waals surface area contributed by atoms with Crippen molar-refractivity contribution in [1.29, 1.82) is 0 Å². The molecule has 1 fully saturated rings. The number of methoxy groups -OCH3 is 1. The minimum absolute atomic E-state index is 0.144. The average Bonchev–Trinajstić information content (AvgIpc) is 3.07. The minimum Gasteiger partial charge on any atom is -0.359 e. The zero-order chi connectivity index (χ0) is 13.9. The fraction of sp³-hybridized carbons (Fsp3) is 0.538. The number of rotatable bonds is 5. The smallest absolute Gasteiger partial charge is 0.165 e. The van der Waals surface area contributed by atoms with Crippen molar-refractivity contribution >= 4 is 17.2 Å². The van der Waals surface area contributed by atoms with Gasteiger partial charge in [0.15, 0.2) is 10.8 Å². The van der Waals surface area contributed by atoms with Crippen LogP contribution in [0.3, 0.4) is 0 Å². The second-order valence-corrected chi connectivity index (χ2v) is 5.75. The van der Waals surface area contributed by atoms with Gasteiger partial charge in [-0.1, -0.05) is 0 Å². The van der Waals surface area contributed by atoms with Crippen LogP contribution >= 0.6 is 11.3 Å². The summed E-state index contributed by atoms with van der Waals surface area (Å²) in [7, 11) is 1.62. The van der Waals surface area contributed by atoms with Crippen LogP contribution in [0.4, 0.5) is 0 Å². The molecule has 1 saturated heterocycles. The highest BCUT2D eigenvalue weighted by molar-refractivity contribution is 7.11. The molecule has 6 nitrogen and oxygen atoms in total. The van der Waals surface area contributed by atoms with E-state index in [2.05, 4.69) is 14.9 Å². The van der Waals surface area contributed by atoms with Gasteiger partial charge in [-0.15, -0.1) is 11.3 Å². The Bertz CT molecular complexity index is 526. The van der Waals surface area contributed by atoms with Crippen molar-refractivity contribution in [2.24, 2.45) is 10.7 Å². The molecule has 1 aromatic heterocycles. The van der Waals surface area contributed by atoms with Crippen LogP contribution in [0.1, 0.15) is 11.4 Å². The highest BCUT2D eigenvalue weighted by Gasteiger charge is 2.33. The monoisotopic (exact) mass is 294 g/mol. The summed E-state index contributed by atoms with van der Waals surface area (Å²) in [6, 6.07) is 0.144. The molecule has 0 bridgehead atoms. The number of aliphatic imine (C=N–C) groups is 1. The lowest BCUT2D eigenvalue weighted by Gasteiger charge is -2.27. The van der Waals surface area contributed by atoms with E-state index in [1.165, 1.54) is 11.3 Å². The first-order valence-electron chi connectivity index (χ1n) is 6.54. The maximum atomic E-state index is 6.11. The number of ether oxygens (including phenoxy) is 2. The van der Waals surface area contributed by atoms with Gasteiger partial charge in [0, 0.05) is 43.4 Å². The van der Waals surface area contributed by atoms with Gasteiger partial charge in [-0.3, -0.25) is 4.99 Å². The Labute approximate surface area is 121 Å². The average molecular weight is 294 g/mol. The van der Waals surface area contributed by atoms with E-state index in [0.717, 1.165) is 23.8 Å². The quantitative estimate of drug-likeness (QED) is 0.642. The number of thiazole rings is 1. The Morgan fingerprint density at radius 3 is 3.20 bits per heavy atom. The lowest BCUT2D eigenvalue weighted by atomic mass is 10.1. The molecule has 2 N–H and O–H groups in total. The van der Waals surface area contributed by atoms with Crippen LogP contribution in [-0.4, -0.2) is 55.4 Å². The third kappa shape index (κ3) is 2.62. The number of amidine groups is 1. The van der Waals surface area contributed by atoms with Gasteiger partial charge in [0.05, 0.1) is 13.2 Å². The van der Waals surface area contributed by atoms with Gasteiger partial charge in [-0.05, 0) is 5.57 Å². The normalized spacial score (nSPS) is 22.2. The Morgan fingerprint density at radius 2 is 2.45 bits per heavy atom. The number of hydrogen-bond acceptors (Lipinski definition) is 7. The van der Waals surface area contributed by atoms with E-state index in [1.54, 1.807) is 24.6 Å². The van der Waals surface area contributed by atoms with Gasteiger partial charge in [-0.2, -0.15) is 0 Å². The largest absolute Gasteiger partial charge is 0.359 e. The van der Waals surface area contributed by atoms with Gasteiger partial charge in [0.1, 0.15) is 6.79 Å². The molecule has 0 spiro atoms. The Hall–Kier alpha value is -1.28. The van der Waals surface area contributed by atoms with Crippen molar-refractivity contribution in [3.8, 4) is 0 Å². The number of fused-ring (bicyclic) bond motifs is 1. The van der Waals surface area contributed by atoms with E-state index in [4.69, 9.17) is 15.2 Å².